The Bertz CT molecular complexity index is 552. The van der Waals surface area contributed by atoms with Crippen LogP contribution in [0.1, 0.15) is 26.5 Å². The predicted molar refractivity (Wildman–Crippen MR) is 87.7 cm³/mol. The van der Waals surface area contributed by atoms with Crippen LogP contribution in [0.25, 0.3) is 5.65 Å². The molecule has 2 aromatic rings. The number of fused-ring (bicyclic) bond motifs is 1. The van der Waals surface area contributed by atoms with E-state index < -0.39 is 0 Å². The number of pyridine rings is 1. The molecule has 0 bridgehead atoms. The fourth-order valence-electron chi connectivity index (χ4n) is 2.03. The van der Waals surface area contributed by atoms with E-state index in [2.05, 4.69) is 47.6 Å². The number of imidazole rings is 1. The van der Waals surface area contributed by atoms with Gasteiger partial charge < -0.3 is 15.0 Å². The predicted octanol–water partition coefficient (Wildman–Crippen LogP) is 2.09. The number of guanidine groups is 1. The van der Waals surface area contributed by atoms with Crippen LogP contribution in [0.3, 0.4) is 0 Å². The molecule has 5 heteroatoms. The summed E-state index contributed by atoms with van der Waals surface area (Å²) in [4.78, 5) is 9.15. The number of aliphatic imine (C=N–C) groups is 1. The third-order valence-electron chi connectivity index (χ3n) is 3.05. The number of nitrogens with zero attached hydrogens (tertiary/aromatic N) is 3. The van der Waals surface area contributed by atoms with Crippen LogP contribution < -0.4 is 10.6 Å². The number of aromatic nitrogens is 2. The van der Waals surface area contributed by atoms with Crippen LogP contribution >= 0.6 is 0 Å². The highest BCUT2D eigenvalue weighted by Crippen LogP contribution is 2.04. The first-order valence-electron chi connectivity index (χ1n) is 7.64. The molecule has 0 aliphatic carbocycles. The van der Waals surface area contributed by atoms with E-state index in [1.165, 1.54) is 0 Å². The Labute approximate surface area is 126 Å². The summed E-state index contributed by atoms with van der Waals surface area (Å²) in [5, 5.41) is 6.62. The van der Waals surface area contributed by atoms with Crippen molar-refractivity contribution in [2.75, 3.05) is 19.6 Å². The summed E-state index contributed by atoms with van der Waals surface area (Å²) in [5.74, 6) is 1.45. The maximum absolute atomic E-state index is 4.59. The maximum atomic E-state index is 4.59. The maximum Gasteiger partial charge on any atom is 0.191 e. The van der Waals surface area contributed by atoms with Gasteiger partial charge in [0.05, 0.1) is 5.69 Å². The van der Waals surface area contributed by atoms with Crippen molar-refractivity contribution >= 4 is 11.6 Å². The zero-order valence-corrected chi connectivity index (χ0v) is 13.1. The van der Waals surface area contributed by atoms with Gasteiger partial charge in [-0.2, -0.15) is 0 Å². The molecule has 21 heavy (non-hydrogen) atoms. The Morgan fingerprint density at radius 1 is 1.33 bits per heavy atom. The largest absolute Gasteiger partial charge is 0.357 e. The quantitative estimate of drug-likeness (QED) is 0.632. The first-order valence-corrected chi connectivity index (χ1v) is 7.64. The molecule has 5 nitrogen and oxygen atoms in total. The van der Waals surface area contributed by atoms with Gasteiger partial charge in [0.15, 0.2) is 5.96 Å². The molecule has 114 valence electrons. The standard InChI is InChI=1S/C16H25N5/c1-4-17-16(19-11-13(2)3)18-9-8-14-12-21-10-6-5-7-15(21)20-14/h5-7,10,12-13H,4,8-9,11H2,1-3H3,(H2,17,18,19). The minimum Gasteiger partial charge on any atom is -0.357 e. The molecule has 0 radical (unpaired) electrons. The van der Waals surface area contributed by atoms with Crippen molar-refractivity contribution in [2.24, 2.45) is 10.9 Å². The van der Waals surface area contributed by atoms with Crippen LogP contribution in [0.2, 0.25) is 0 Å². The van der Waals surface area contributed by atoms with E-state index in [4.69, 9.17) is 0 Å². The van der Waals surface area contributed by atoms with Crippen LogP contribution in [-0.2, 0) is 6.42 Å². The van der Waals surface area contributed by atoms with Gasteiger partial charge in [-0.3, -0.25) is 4.99 Å². The van der Waals surface area contributed by atoms with Gasteiger partial charge >= 0.3 is 0 Å². The van der Waals surface area contributed by atoms with Crippen LogP contribution in [0.5, 0.6) is 0 Å². The second-order valence-electron chi connectivity index (χ2n) is 5.49. The SMILES string of the molecule is CCNC(=NCC(C)C)NCCc1cn2ccccc2n1. The summed E-state index contributed by atoms with van der Waals surface area (Å²) in [6.07, 6.45) is 4.98. The molecular formula is C16H25N5. The van der Waals surface area contributed by atoms with Crippen molar-refractivity contribution in [2.45, 2.75) is 27.2 Å². The van der Waals surface area contributed by atoms with E-state index in [-0.39, 0.29) is 0 Å². The van der Waals surface area contributed by atoms with Crippen molar-refractivity contribution in [1.82, 2.24) is 20.0 Å². The number of rotatable bonds is 6. The van der Waals surface area contributed by atoms with E-state index in [9.17, 15) is 0 Å². The zero-order valence-electron chi connectivity index (χ0n) is 13.1. The van der Waals surface area contributed by atoms with Crippen LogP contribution in [0.4, 0.5) is 0 Å². The number of nitrogens with one attached hydrogen (secondary N) is 2. The minimum atomic E-state index is 0.568. The van der Waals surface area contributed by atoms with Crippen molar-refractivity contribution in [3.8, 4) is 0 Å². The Hall–Kier alpha value is -2.04. The molecule has 0 saturated carbocycles. The van der Waals surface area contributed by atoms with Crippen LogP contribution in [0, 0.1) is 5.92 Å². The highest BCUT2D eigenvalue weighted by Gasteiger charge is 2.02. The van der Waals surface area contributed by atoms with E-state index in [0.29, 0.717) is 5.92 Å². The topological polar surface area (TPSA) is 53.7 Å². The van der Waals surface area contributed by atoms with Crippen molar-refractivity contribution in [1.29, 1.82) is 0 Å². The Morgan fingerprint density at radius 3 is 2.90 bits per heavy atom. The van der Waals surface area contributed by atoms with Crippen LogP contribution in [0.15, 0.2) is 35.6 Å². The third kappa shape index (κ3) is 4.77. The lowest BCUT2D eigenvalue weighted by molar-refractivity contribution is 0.656. The van der Waals surface area contributed by atoms with Gasteiger partial charge in [0.25, 0.3) is 0 Å². The van der Waals surface area contributed by atoms with Gasteiger partial charge in [-0.25, -0.2) is 4.98 Å². The fraction of sp³-hybridized carbons (Fsp3) is 0.500. The second-order valence-corrected chi connectivity index (χ2v) is 5.49. The number of hydrogen-bond donors (Lipinski definition) is 2. The molecular weight excluding hydrogens is 262 g/mol. The fourth-order valence-corrected chi connectivity index (χ4v) is 2.03. The Kier molecular flexibility index (Phi) is 5.60. The molecule has 0 fully saturated rings. The van der Waals surface area contributed by atoms with Crippen LogP contribution in [-0.4, -0.2) is 35.0 Å². The Balaban J connectivity index is 1.87. The molecule has 2 N–H and O–H groups in total. The molecule has 0 aliphatic heterocycles. The minimum absolute atomic E-state index is 0.568. The highest BCUT2D eigenvalue weighted by atomic mass is 15.2. The lowest BCUT2D eigenvalue weighted by atomic mass is 10.2. The molecule has 2 rings (SSSR count). The average molecular weight is 287 g/mol. The number of hydrogen-bond acceptors (Lipinski definition) is 2. The monoisotopic (exact) mass is 287 g/mol. The van der Waals surface area contributed by atoms with E-state index in [0.717, 1.165) is 43.4 Å². The lowest BCUT2D eigenvalue weighted by Gasteiger charge is -2.11. The molecule has 0 aromatic carbocycles. The Morgan fingerprint density at radius 2 is 2.19 bits per heavy atom. The molecule has 0 aliphatic rings. The first-order chi connectivity index (χ1) is 10.2. The van der Waals surface area contributed by atoms with Crippen molar-refractivity contribution in [3.63, 3.8) is 0 Å². The molecule has 0 unspecified atom stereocenters. The summed E-state index contributed by atoms with van der Waals surface area (Å²) < 4.78 is 2.05. The van der Waals surface area contributed by atoms with E-state index >= 15 is 0 Å². The van der Waals surface area contributed by atoms with Crippen molar-refractivity contribution in [3.05, 3.63) is 36.3 Å². The average Bonchev–Trinajstić information content (AvgIpc) is 2.87. The lowest BCUT2D eigenvalue weighted by Crippen LogP contribution is -2.38. The van der Waals surface area contributed by atoms with Gasteiger partial charge in [0, 0.05) is 38.4 Å². The normalized spacial score (nSPS) is 12.1. The summed E-state index contributed by atoms with van der Waals surface area (Å²) in [5.41, 5.74) is 2.08. The van der Waals surface area contributed by atoms with Gasteiger partial charge in [-0.1, -0.05) is 19.9 Å². The third-order valence-corrected chi connectivity index (χ3v) is 3.05. The first kappa shape index (κ1) is 15.4. The summed E-state index contributed by atoms with van der Waals surface area (Å²) in [6.45, 7) is 8.96. The highest BCUT2D eigenvalue weighted by molar-refractivity contribution is 5.79. The molecule has 0 atom stereocenters. The van der Waals surface area contributed by atoms with E-state index in [1.54, 1.807) is 0 Å². The smallest absolute Gasteiger partial charge is 0.191 e. The van der Waals surface area contributed by atoms with Gasteiger partial charge in [0.2, 0.25) is 0 Å². The van der Waals surface area contributed by atoms with Crippen molar-refractivity contribution < 1.29 is 0 Å². The molecule has 2 aromatic heterocycles. The molecule has 0 spiro atoms. The van der Waals surface area contributed by atoms with E-state index in [1.807, 2.05) is 28.8 Å². The second kappa shape index (κ2) is 7.67. The van der Waals surface area contributed by atoms with Gasteiger partial charge in [-0.05, 0) is 25.0 Å². The summed E-state index contributed by atoms with van der Waals surface area (Å²) in [7, 11) is 0. The zero-order chi connectivity index (χ0) is 15.1. The van der Waals surface area contributed by atoms with Gasteiger partial charge in [-0.15, -0.1) is 0 Å². The summed E-state index contributed by atoms with van der Waals surface area (Å²) in [6, 6.07) is 6.04. The summed E-state index contributed by atoms with van der Waals surface area (Å²) >= 11 is 0. The molecule has 0 saturated heterocycles. The molecule has 0 amide bonds. The van der Waals surface area contributed by atoms with Gasteiger partial charge in [0.1, 0.15) is 5.65 Å². The molecule has 2 heterocycles.